The van der Waals surface area contributed by atoms with Gasteiger partial charge in [0.05, 0.1) is 5.56 Å². The van der Waals surface area contributed by atoms with Crippen LogP contribution >= 0.6 is 0 Å². The van der Waals surface area contributed by atoms with Gasteiger partial charge in [0.2, 0.25) is 5.69 Å². The van der Waals surface area contributed by atoms with E-state index in [-0.39, 0.29) is 0 Å². The van der Waals surface area contributed by atoms with E-state index in [2.05, 4.69) is 0 Å². The Balaban J connectivity index is 1.93. The SMILES string of the molecule is [2H]C([2H])([2H])c1c[n+](C)c(-c2c(C)ccc3c2OC2(CCCCC2)CC3([2H])[2H])cc1C. The summed E-state index contributed by atoms with van der Waals surface area (Å²) in [4.78, 5) is 0. The summed E-state index contributed by atoms with van der Waals surface area (Å²) in [7, 11) is 1.84. The molecule has 2 heterocycles. The third kappa shape index (κ3) is 2.86. The van der Waals surface area contributed by atoms with E-state index in [4.69, 9.17) is 11.6 Å². The van der Waals surface area contributed by atoms with E-state index in [1.54, 1.807) is 6.20 Å². The molecule has 4 rings (SSSR count). The Labute approximate surface area is 158 Å². The minimum absolute atomic E-state index is 0.330. The third-order valence-electron chi connectivity index (χ3n) is 5.79. The molecule has 0 atom stereocenters. The second kappa shape index (κ2) is 6.16. The van der Waals surface area contributed by atoms with Crippen LogP contribution in [0.25, 0.3) is 11.3 Å². The van der Waals surface area contributed by atoms with Gasteiger partial charge in [-0.1, -0.05) is 18.6 Å². The van der Waals surface area contributed by atoms with Crippen molar-refractivity contribution in [2.45, 2.75) is 71.2 Å². The number of hydrogen-bond donors (Lipinski definition) is 0. The van der Waals surface area contributed by atoms with Crippen molar-refractivity contribution in [2.24, 2.45) is 7.05 Å². The Morgan fingerprint density at radius 2 is 1.88 bits per heavy atom. The molecule has 1 aliphatic heterocycles. The van der Waals surface area contributed by atoms with Crippen LogP contribution in [0.3, 0.4) is 0 Å². The molecule has 0 radical (unpaired) electrons. The molecule has 2 heteroatoms. The molecule has 1 aromatic heterocycles. The van der Waals surface area contributed by atoms with Crippen molar-refractivity contribution in [3.8, 4) is 17.0 Å². The van der Waals surface area contributed by atoms with Gasteiger partial charge >= 0.3 is 0 Å². The number of nitrogens with zero attached hydrogens (tertiary/aromatic N) is 1. The van der Waals surface area contributed by atoms with Crippen LogP contribution < -0.4 is 9.30 Å². The molecular formula is C23H30NO+. The highest BCUT2D eigenvalue weighted by Crippen LogP contribution is 2.46. The van der Waals surface area contributed by atoms with Crippen molar-refractivity contribution < 1.29 is 16.2 Å². The van der Waals surface area contributed by atoms with Gasteiger partial charge in [-0.3, -0.25) is 0 Å². The van der Waals surface area contributed by atoms with Crippen molar-refractivity contribution in [1.29, 1.82) is 0 Å². The quantitative estimate of drug-likeness (QED) is 0.655. The first-order chi connectivity index (χ1) is 13.9. The first kappa shape index (κ1) is 11.7. The summed E-state index contributed by atoms with van der Waals surface area (Å²) in [6, 6.07) is 5.69. The van der Waals surface area contributed by atoms with Crippen molar-refractivity contribution in [1.82, 2.24) is 0 Å². The summed E-state index contributed by atoms with van der Waals surface area (Å²) in [6.45, 7) is 1.65. The maximum atomic E-state index is 8.82. The molecule has 2 aliphatic rings. The highest BCUT2D eigenvalue weighted by Gasteiger charge is 2.39. The number of rotatable bonds is 1. The van der Waals surface area contributed by atoms with Crippen LogP contribution in [0.4, 0.5) is 0 Å². The van der Waals surface area contributed by atoms with E-state index in [0.717, 1.165) is 42.5 Å². The lowest BCUT2D eigenvalue weighted by molar-refractivity contribution is -0.660. The molecule has 0 N–H and O–H groups in total. The van der Waals surface area contributed by atoms with Gasteiger partial charge in [0.15, 0.2) is 6.20 Å². The van der Waals surface area contributed by atoms with Crippen LogP contribution in [0.2, 0.25) is 0 Å². The minimum atomic E-state index is -2.17. The Morgan fingerprint density at radius 1 is 1.08 bits per heavy atom. The molecule has 0 amide bonds. The van der Waals surface area contributed by atoms with Crippen LogP contribution in [0.1, 0.15) is 67.6 Å². The maximum Gasteiger partial charge on any atom is 0.216 e. The fraction of sp³-hybridized carbons (Fsp3) is 0.522. The van der Waals surface area contributed by atoms with Crippen molar-refractivity contribution in [2.75, 3.05) is 0 Å². The number of aryl methyl sites for hydroxylation is 5. The maximum absolute atomic E-state index is 8.82. The Bertz CT molecular complexity index is 990. The van der Waals surface area contributed by atoms with E-state index >= 15 is 0 Å². The molecule has 1 saturated carbocycles. The Kier molecular flexibility index (Phi) is 2.89. The van der Waals surface area contributed by atoms with Gasteiger partial charge in [0, 0.05) is 18.5 Å². The normalized spacial score (nSPS) is 24.2. The molecule has 0 bridgehead atoms. The van der Waals surface area contributed by atoms with Crippen LogP contribution in [0.15, 0.2) is 24.4 Å². The number of hydrogen-bond acceptors (Lipinski definition) is 1. The number of fused-ring (bicyclic) bond motifs is 1. The van der Waals surface area contributed by atoms with E-state index in [1.807, 2.05) is 43.7 Å². The van der Waals surface area contributed by atoms with Crippen LogP contribution in [-0.4, -0.2) is 5.60 Å². The predicted molar refractivity (Wildman–Crippen MR) is 102 cm³/mol. The highest BCUT2D eigenvalue weighted by atomic mass is 16.5. The summed E-state index contributed by atoms with van der Waals surface area (Å²) in [5.41, 5.74) is 3.87. The Hall–Kier alpha value is -1.83. The van der Waals surface area contributed by atoms with Gasteiger partial charge in [-0.05, 0) is 75.9 Å². The second-order valence-corrected chi connectivity index (χ2v) is 7.70. The summed E-state index contributed by atoms with van der Waals surface area (Å²) >= 11 is 0. The van der Waals surface area contributed by atoms with Crippen LogP contribution in [0, 0.1) is 20.7 Å². The largest absolute Gasteiger partial charge is 0.486 e. The van der Waals surface area contributed by atoms with Gasteiger partial charge in [-0.2, -0.15) is 0 Å². The number of pyridine rings is 1. The van der Waals surface area contributed by atoms with Crippen molar-refractivity contribution >= 4 is 0 Å². The average molecular weight is 342 g/mol. The monoisotopic (exact) mass is 341 g/mol. The zero-order valence-corrected chi connectivity index (χ0v) is 15.4. The first-order valence-electron chi connectivity index (χ1n) is 11.8. The number of benzene rings is 1. The zero-order valence-electron chi connectivity index (χ0n) is 20.4. The lowest BCUT2D eigenvalue weighted by Gasteiger charge is -2.42. The summed E-state index contributed by atoms with van der Waals surface area (Å²) < 4.78 is 49.6. The van der Waals surface area contributed by atoms with E-state index in [1.165, 1.54) is 6.42 Å². The minimum Gasteiger partial charge on any atom is -0.486 e. The second-order valence-electron chi connectivity index (χ2n) is 7.70. The zero-order chi connectivity index (χ0) is 21.9. The smallest absolute Gasteiger partial charge is 0.216 e. The molecule has 1 fully saturated rings. The first-order valence-corrected chi connectivity index (χ1v) is 9.28. The fourth-order valence-electron chi connectivity index (χ4n) is 4.23. The van der Waals surface area contributed by atoms with Gasteiger partial charge in [-0.15, -0.1) is 0 Å². The average Bonchev–Trinajstić information content (AvgIpc) is 2.62. The number of ether oxygens (including phenoxy) is 1. The summed E-state index contributed by atoms with van der Waals surface area (Å²) in [5.74, 6) is 0.629. The molecule has 1 aliphatic carbocycles. The lowest BCUT2D eigenvalue weighted by Crippen LogP contribution is -2.42. The number of aromatic nitrogens is 1. The Morgan fingerprint density at radius 3 is 2.64 bits per heavy atom. The van der Waals surface area contributed by atoms with E-state index in [0.29, 0.717) is 28.9 Å². The van der Waals surface area contributed by atoms with Crippen molar-refractivity contribution in [3.05, 3.63) is 46.6 Å². The summed E-state index contributed by atoms with van der Waals surface area (Å²) in [5, 5.41) is 0. The van der Waals surface area contributed by atoms with E-state index < -0.39 is 18.8 Å². The topological polar surface area (TPSA) is 13.1 Å². The van der Waals surface area contributed by atoms with Gasteiger partial charge in [0.1, 0.15) is 18.4 Å². The molecule has 132 valence electrons. The van der Waals surface area contributed by atoms with Crippen molar-refractivity contribution in [3.63, 3.8) is 0 Å². The van der Waals surface area contributed by atoms with Crippen LogP contribution in [-0.2, 0) is 13.4 Å². The van der Waals surface area contributed by atoms with Crippen LogP contribution in [0.5, 0.6) is 5.75 Å². The fourth-order valence-corrected chi connectivity index (χ4v) is 4.23. The lowest BCUT2D eigenvalue weighted by atomic mass is 9.78. The molecule has 2 nitrogen and oxygen atoms in total. The molecule has 25 heavy (non-hydrogen) atoms. The van der Waals surface area contributed by atoms with Gasteiger partial charge in [-0.25, -0.2) is 4.57 Å². The third-order valence-corrected chi connectivity index (χ3v) is 5.79. The molecule has 2 aromatic rings. The molecule has 1 spiro atoms. The van der Waals surface area contributed by atoms with Gasteiger partial charge in [0.25, 0.3) is 0 Å². The van der Waals surface area contributed by atoms with E-state index in [9.17, 15) is 0 Å². The predicted octanol–water partition coefficient (Wildman–Crippen LogP) is 5.13. The highest BCUT2D eigenvalue weighted by molar-refractivity contribution is 5.72. The summed E-state index contributed by atoms with van der Waals surface area (Å²) in [6.07, 6.45) is 5.65. The molecule has 0 saturated heterocycles. The molecule has 0 unspecified atom stereocenters. The standard InChI is InChI=1S/C23H30NO/c1-16-8-9-19-10-13-23(11-6-5-7-12-23)25-22(19)21(16)20-14-17(2)18(3)15-24(20)4/h8-9,14-15H,5-7,10-13H2,1-4H3/q+1/i3D3,10D2. The van der Waals surface area contributed by atoms with Gasteiger partial charge < -0.3 is 4.74 Å². The molecular weight excluding hydrogens is 306 g/mol. The molecule has 1 aromatic carbocycles.